The van der Waals surface area contributed by atoms with Crippen molar-refractivity contribution in [3.63, 3.8) is 0 Å². The molecule has 2 N–H and O–H groups in total. The highest BCUT2D eigenvalue weighted by Crippen LogP contribution is 2.44. The Labute approximate surface area is 352 Å². The van der Waals surface area contributed by atoms with Crippen LogP contribution in [0.15, 0.2) is 90.5 Å². The number of hydrogen-bond donors (Lipinski definition) is 2. The minimum atomic E-state index is -1.17. The van der Waals surface area contributed by atoms with Crippen LogP contribution in [-0.2, 0) is 35.0 Å². The smallest absolute Gasteiger partial charge is 0.407 e. The Morgan fingerprint density at radius 2 is 1.19 bits per heavy atom. The van der Waals surface area contributed by atoms with E-state index in [1.54, 1.807) is 13.8 Å². The molecule has 0 aromatic heterocycles. The Morgan fingerprint density at radius 3 is 1.71 bits per heavy atom. The Hall–Kier alpha value is -4.92. The lowest BCUT2D eigenvalue weighted by molar-refractivity contribution is -0.158. The number of carbonyl (C=O) groups excluding carboxylic acids is 3. The predicted octanol–water partition coefficient (Wildman–Crippen LogP) is 11.5. The van der Waals surface area contributed by atoms with Crippen molar-refractivity contribution in [3.8, 4) is 11.1 Å². The maximum atomic E-state index is 13.5. The highest BCUT2D eigenvalue weighted by atomic mass is 16.6. The summed E-state index contributed by atoms with van der Waals surface area (Å²) < 4.78 is 17.1. The predicted molar refractivity (Wildman–Crippen MR) is 233 cm³/mol. The van der Waals surface area contributed by atoms with Crippen molar-refractivity contribution in [3.05, 3.63) is 107 Å². The number of rotatable bonds is 28. The second-order valence-corrected chi connectivity index (χ2v) is 16.2. The van der Waals surface area contributed by atoms with Crippen LogP contribution in [0, 0.1) is 5.92 Å². The van der Waals surface area contributed by atoms with E-state index in [0.29, 0.717) is 6.42 Å². The van der Waals surface area contributed by atoms with E-state index in [1.807, 2.05) is 66.7 Å². The molecule has 1 aliphatic rings. The van der Waals surface area contributed by atoms with Crippen LogP contribution in [-0.4, -0.2) is 54.5 Å². The fraction of sp³-hybridized carbons (Fsp3) is 0.520. The second-order valence-electron chi connectivity index (χ2n) is 16.2. The molecule has 320 valence electrons. The molecule has 0 radical (unpaired) electrons. The Balaban J connectivity index is 1.26. The van der Waals surface area contributed by atoms with Gasteiger partial charge in [-0.15, -0.1) is 0 Å². The number of carbonyl (C=O) groups is 4. The zero-order chi connectivity index (χ0) is 42.2. The van der Waals surface area contributed by atoms with Gasteiger partial charge in [-0.3, -0.25) is 4.79 Å². The average molecular weight is 810 g/mol. The maximum absolute atomic E-state index is 13.5. The average Bonchev–Trinajstić information content (AvgIpc) is 3.55. The third-order valence-electron chi connectivity index (χ3n) is 11.1. The zero-order valence-corrected chi connectivity index (χ0v) is 35.6. The number of ether oxygens (including phenoxy) is 3. The summed E-state index contributed by atoms with van der Waals surface area (Å²) in [5.41, 5.74) is 5.14. The quantitative estimate of drug-likeness (QED) is 0.0321. The normalized spacial score (nSPS) is 13.3. The monoisotopic (exact) mass is 809 g/mol. The maximum Gasteiger partial charge on any atom is 0.407 e. The molecular weight excluding hydrogens is 743 g/mol. The van der Waals surface area contributed by atoms with Crippen molar-refractivity contribution >= 4 is 24.0 Å². The van der Waals surface area contributed by atoms with Gasteiger partial charge in [0.15, 0.2) is 6.10 Å². The molecule has 3 aromatic rings. The minimum absolute atomic E-state index is 0.00851. The summed E-state index contributed by atoms with van der Waals surface area (Å²) in [5.74, 6) is -2.91. The molecule has 9 heteroatoms. The summed E-state index contributed by atoms with van der Waals surface area (Å²) >= 11 is 0. The Morgan fingerprint density at radius 1 is 0.678 bits per heavy atom. The molecule has 0 saturated carbocycles. The van der Waals surface area contributed by atoms with Crippen molar-refractivity contribution in [1.29, 1.82) is 0 Å². The molecule has 59 heavy (non-hydrogen) atoms. The third kappa shape index (κ3) is 16.3. The van der Waals surface area contributed by atoms with E-state index < -0.39 is 42.8 Å². The standard InChI is InChI=1S/C50H67NO8/c1-4-5-6-7-8-9-10-11-12-13-14-15-16-17-21-32-46(52)59-40(34-39(48(53)54)33-38-26-19-18-20-27-38)35-57-49(55)47(37(2)3)51-50(56)58-36-45-43-30-24-22-28-41(43)42-29-23-25-31-44(42)45/h18-20,22-31,34,37,40,45,47H,4-17,21,32-33,35-36H2,1-3H3,(H,51,56)(H,53,54)/t40?,47-/m0/s1. The lowest BCUT2D eigenvalue weighted by Gasteiger charge is -2.23. The molecule has 0 aliphatic heterocycles. The summed E-state index contributed by atoms with van der Waals surface area (Å²) in [7, 11) is 0. The van der Waals surface area contributed by atoms with Crippen LogP contribution >= 0.6 is 0 Å². The van der Waals surface area contributed by atoms with Crippen LogP contribution in [0.2, 0.25) is 0 Å². The molecule has 2 atom stereocenters. The van der Waals surface area contributed by atoms with Gasteiger partial charge in [0.05, 0.1) is 0 Å². The molecule has 0 saturated heterocycles. The molecule has 4 rings (SSSR count). The lowest BCUT2D eigenvalue weighted by atomic mass is 9.98. The van der Waals surface area contributed by atoms with Gasteiger partial charge in [-0.05, 0) is 46.2 Å². The van der Waals surface area contributed by atoms with Gasteiger partial charge in [-0.25, -0.2) is 14.4 Å². The SMILES string of the molecule is CCCCCCCCCCCCCCCCCC(=O)OC(C=C(Cc1ccccc1)C(=O)O)COC(=O)[C@@H](NC(=O)OCC1c2ccccc2-c2ccccc21)C(C)C. The van der Waals surface area contributed by atoms with Crippen LogP contribution in [0.25, 0.3) is 11.1 Å². The largest absolute Gasteiger partial charge is 0.478 e. The summed E-state index contributed by atoms with van der Waals surface area (Å²) in [5, 5.41) is 12.7. The van der Waals surface area contributed by atoms with E-state index in [9.17, 15) is 24.3 Å². The molecule has 0 bridgehead atoms. The summed E-state index contributed by atoms with van der Waals surface area (Å²) in [6.07, 6.45) is 17.9. The van der Waals surface area contributed by atoms with E-state index >= 15 is 0 Å². The van der Waals surface area contributed by atoms with Crippen LogP contribution < -0.4 is 5.32 Å². The number of alkyl carbamates (subject to hydrolysis) is 1. The van der Waals surface area contributed by atoms with Gasteiger partial charge < -0.3 is 24.6 Å². The number of benzene rings is 3. The number of carboxylic acids is 1. The molecule has 0 heterocycles. The number of unbranched alkanes of at least 4 members (excludes halogenated alkanes) is 14. The van der Waals surface area contributed by atoms with Crippen molar-refractivity contribution in [2.75, 3.05) is 13.2 Å². The van der Waals surface area contributed by atoms with Crippen LogP contribution in [0.5, 0.6) is 0 Å². The fourth-order valence-corrected chi connectivity index (χ4v) is 7.75. The summed E-state index contributed by atoms with van der Waals surface area (Å²) in [4.78, 5) is 52.0. The molecule has 0 fully saturated rings. The lowest BCUT2D eigenvalue weighted by Crippen LogP contribution is -2.46. The third-order valence-corrected chi connectivity index (χ3v) is 11.1. The van der Waals surface area contributed by atoms with E-state index in [0.717, 1.165) is 47.1 Å². The van der Waals surface area contributed by atoms with Gasteiger partial charge in [0.25, 0.3) is 0 Å². The minimum Gasteiger partial charge on any atom is -0.478 e. The molecule has 1 aliphatic carbocycles. The molecule has 3 aromatic carbocycles. The van der Waals surface area contributed by atoms with Crippen LogP contribution in [0.3, 0.4) is 0 Å². The molecule has 0 spiro atoms. The number of fused-ring (bicyclic) bond motifs is 3. The highest BCUT2D eigenvalue weighted by Gasteiger charge is 2.31. The number of nitrogens with one attached hydrogen (secondary N) is 1. The van der Waals surface area contributed by atoms with Crippen molar-refractivity contribution in [1.82, 2.24) is 5.32 Å². The summed E-state index contributed by atoms with van der Waals surface area (Å²) in [6.45, 7) is 5.47. The number of hydrogen-bond acceptors (Lipinski definition) is 7. The molecular formula is C50H67NO8. The number of esters is 2. The van der Waals surface area contributed by atoms with E-state index in [2.05, 4.69) is 24.4 Å². The first kappa shape index (κ1) is 46.8. The molecule has 1 amide bonds. The van der Waals surface area contributed by atoms with Crippen LogP contribution in [0.4, 0.5) is 4.79 Å². The van der Waals surface area contributed by atoms with Crippen molar-refractivity contribution in [2.24, 2.45) is 5.92 Å². The van der Waals surface area contributed by atoms with Gasteiger partial charge >= 0.3 is 24.0 Å². The summed E-state index contributed by atoms with van der Waals surface area (Å²) in [6, 6.07) is 24.1. The number of amides is 1. The van der Waals surface area contributed by atoms with E-state index in [-0.39, 0.29) is 36.9 Å². The van der Waals surface area contributed by atoms with Gasteiger partial charge in [-0.2, -0.15) is 0 Å². The highest BCUT2D eigenvalue weighted by molar-refractivity contribution is 5.87. The van der Waals surface area contributed by atoms with Gasteiger partial charge in [0, 0.05) is 24.3 Å². The second kappa shape index (κ2) is 26.2. The molecule has 9 nitrogen and oxygen atoms in total. The van der Waals surface area contributed by atoms with Crippen LogP contribution in [0.1, 0.15) is 146 Å². The number of aliphatic carboxylic acids is 1. The Bertz CT molecular complexity index is 1720. The zero-order valence-electron chi connectivity index (χ0n) is 35.6. The molecule has 1 unspecified atom stereocenters. The first-order chi connectivity index (χ1) is 28.7. The fourth-order valence-electron chi connectivity index (χ4n) is 7.75. The first-order valence-electron chi connectivity index (χ1n) is 22.1. The van der Waals surface area contributed by atoms with Gasteiger partial charge in [0.1, 0.15) is 19.3 Å². The first-order valence-corrected chi connectivity index (χ1v) is 22.1. The number of carboxylic acid groups (broad SMARTS) is 1. The topological polar surface area (TPSA) is 128 Å². The van der Waals surface area contributed by atoms with E-state index in [4.69, 9.17) is 14.2 Å². The van der Waals surface area contributed by atoms with Crippen molar-refractivity contribution in [2.45, 2.75) is 148 Å². The van der Waals surface area contributed by atoms with Gasteiger partial charge in [0.2, 0.25) is 0 Å². The van der Waals surface area contributed by atoms with Gasteiger partial charge in [-0.1, -0.05) is 190 Å². The van der Waals surface area contributed by atoms with Crippen molar-refractivity contribution < 1.29 is 38.5 Å². The van der Waals surface area contributed by atoms with E-state index in [1.165, 1.54) is 76.7 Å². The Kier molecular flexibility index (Phi) is 20.8.